The van der Waals surface area contributed by atoms with Crippen LogP contribution in [0, 0.1) is 24.6 Å². The largest absolute Gasteiger partial charge is 0.489 e. The van der Waals surface area contributed by atoms with Crippen LogP contribution in [-0.4, -0.2) is 58.2 Å². The van der Waals surface area contributed by atoms with Crippen molar-refractivity contribution in [3.63, 3.8) is 0 Å². The third kappa shape index (κ3) is 6.05. The molecule has 0 radical (unpaired) electrons. The van der Waals surface area contributed by atoms with Crippen molar-refractivity contribution in [2.24, 2.45) is 11.8 Å². The topological polar surface area (TPSA) is 127 Å². The van der Waals surface area contributed by atoms with E-state index in [1.54, 1.807) is 24.8 Å². The van der Waals surface area contributed by atoms with Crippen LogP contribution in [0.3, 0.4) is 0 Å². The summed E-state index contributed by atoms with van der Waals surface area (Å²) in [6.07, 6.45) is 14.4. The van der Waals surface area contributed by atoms with Gasteiger partial charge in [0.25, 0.3) is 5.91 Å². The number of imidazole rings is 1. The molecule has 6 aromatic rings. The Labute approximate surface area is 318 Å². The normalized spacial score (nSPS) is 19.7. The van der Waals surface area contributed by atoms with E-state index in [-0.39, 0.29) is 11.6 Å². The predicted molar refractivity (Wildman–Crippen MR) is 201 cm³/mol. The van der Waals surface area contributed by atoms with Gasteiger partial charge in [0.05, 0.1) is 56.6 Å². The molecule has 12 nitrogen and oxygen atoms in total. The summed E-state index contributed by atoms with van der Waals surface area (Å²) < 4.78 is 34.3. The Balaban J connectivity index is 0.000000167. The van der Waals surface area contributed by atoms with Crippen molar-refractivity contribution in [3.05, 3.63) is 101 Å². The second kappa shape index (κ2) is 13.2. The van der Waals surface area contributed by atoms with Gasteiger partial charge in [0.15, 0.2) is 17.4 Å². The minimum atomic E-state index is -0.576. The molecular weight excluding hydrogens is 753 g/mol. The number of aromatic nitrogens is 8. The number of fused-ring (bicyclic) bond motifs is 6. The van der Waals surface area contributed by atoms with Gasteiger partial charge in [0.1, 0.15) is 37.4 Å². The maximum atomic E-state index is 15.0. The van der Waals surface area contributed by atoms with Gasteiger partial charge in [0, 0.05) is 12.1 Å². The van der Waals surface area contributed by atoms with E-state index in [9.17, 15) is 4.79 Å². The molecule has 11 rings (SSSR count). The molecule has 2 aliphatic heterocycles. The summed E-state index contributed by atoms with van der Waals surface area (Å²) in [5.41, 5.74) is 4.70. The van der Waals surface area contributed by atoms with Crippen LogP contribution in [0.25, 0.3) is 28.5 Å². The van der Waals surface area contributed by atoms with Gasteiger partial charge in [-0.05, 0) is 115 Å². The molecule has 1 amide bonds. The van der Waals surface area contributed by atoms with Crippen molar-refractivity contribution in [2.75, 3.05) is 18.5 Å². The van der Waals surface area contributed by atoms with Crippen molar-refractivity contribution in [2.45, 2.75) is 63.5 Å². The lowest BCUT2D eigenvalue weighted by Crippen LogP contribution is -2.18. The van der Waals surface area contributed by atoms with Crippen molar-refractivity contribution in [3.8, 4) is 40.0 Å². The van der Waals surface area contributed by atoms with E-state index in [4.69, 9.17) is 9.47 Å². The SMILES string of the molecule is Brc1cccc2c1OC[C@@H](C1CC1)n1cnnc1-2.Cc1cc(F)c(C(=O)Nc2cccc3c2OC[C@@H](C2CC2)n2cnnc2-3)cc1-n1cnc(C2CC2)c1. The fourth-order valence-electron chi connectivity index (χ4n) is 7.70. The summed E-state index contributed by atoms with van der Waals surface area (Å²) in [5, 5.41) is 19.7. The highest BCUT2D eigenvalue weighted by Crippen LogP contribution is 2.47. The molecule has 3 aromatic heterocycles. The number of carbonyl (C=O) groups excluding carboxylic acids is 1. The lowest BCUT2D eigenvalue weighted by atomic mass is 10.1. The number of para-hydroxylation sites is 2. The van der Waals surface area contributed by atoms with Crippen molar-refractivity contribution in [1.82, 2.24) is 39.1 Å². The highest BCUT2D eigenvalue weighted by Gasteiger charge is 2.38. The molecule has 5 aliphatic rings. The van der Waals surface area contributed by atoms with Crippen LogP contribution in [0.15, 0.2) is 78.2 Å². The van der Waals surface area contributed by atoms with Gasteiger partial charge in [-0.2, -0.15) is 0 Å². The zero-order valence-electron chi connectivity index (χ0n) is 29.5. The van der Waals surface area contributed by atoms with Gasteiger partial charge in [0.2, 0.25) is 0 Å². The Kier molecular flexibility index (Phi) is 8.11. The Morgan fingerprint density at radius 3 is 2.11 bits per heavy atom. The van der Waals surface area contributed by atoms with Crippen LogP contribution in [0.2, 0.25) is 0 Å². The number of halogens is 2. The summed E-state index contributed by atoms with van der Waals surface area (Å²) in [6, 6.07) is 15.0. The van der Waals surface area contributed by atoms with Gasteiger partial charge in [-0.3, -0.25) is 4.79 Å². The number of rotatable bonds is 6. The van der Waals surface area contributed by atoms with Gasteiger partial charge < -0.3 is 28.5 Å². The number of benzene rings is 3. The molecule has 0 unspecified atom stereocenters. The van der Waals surface area contributed by atoms with E-state index in [0.29, 0.717) is 54.3 Å². The summed E-state index contributed by atoms with van der Waals surface area (Å²) in [6.45, 7) is 2.99. The highest BCUT2D eigenvalue weighted by atomic mass is 79.9. The average Bonchev–Trinajstić information content (AvgIpc) is 4.12. The molecule has 3 aromatic carbocycles. The first-order valence-corrected chi connectivity index (χ1v) is 19.3. The lowest BCUT2D eigenvalue weighted by molar-refractivity contribution is 0.102. The molecule has 2 atom stereocenters. The second-order valence-electron chi connectivity index (χ2n) is 14.9. The number of aryl methyl sites for hydroxylation is 1. The van der Waals surface area contributed by atoms with Crippen LogP contribution >= 0.6 is 15.9 Å². The Morgan fingerprint density at radius 1 is 0.833 bits per heavy atom. The van der Waals surface area contributed by atoms with Gasteiger partial charge >= 0.3 is 0 Å². The van der Waals surface area contributed by atoms with Crippen molar-refractivity contribution < 1.29 is 18.7 Å². The molecule has 0 spiro atoms. The smallest absolute Gasteiger partial charge is 0.258 e. The molecule has 0 bridgehead atoms. The minimum absolute atomic E-state index is 0.0393. The predicted octanol–water partition coefficient (Wildman–Crippen LogP) is 8.10. The number of amides is 1. The van der Waals surface area contributed by atoms with Gasteiger partial charge in [-0.15, -0.1) is 20.4 Å². The Bertz CT molecular complexity index is 2410. The second-order valence-corrected chi connectivity index (χ2v) is 15.8. The maximum absolute atomic E-state index is 15.0. The molecule has 1 N–H and O–H groups in total. The molecule has 3 aliphatic carbocycles. The number of anilines is 1. The fraction of sp³-hybridized carbons (Fsp3) is 0.350. The third-order valence-corrected chi connectivity index (χ3v) is 11.7. The molecule has 14 heteroatoms. The van der Waals surface area contributed by atoms with Crippen LogP contribution in [0.5, 0.6) is 11.5 Å². The number of hydrogen-bond acceptors (Lipinski definition) is 8. The summed E-state index contributed by atoms with van der Waals surface area (Å²) in [4.78, 5) is 17.8. The van der Waals surface area contributed by atoms with E-state index in [1.165, 1.54) is 18.9 Å². The van der Waals surface area contributed by atoms with Gasteiger partial charge in [-0.25, -0.2) is 9.37 Å². The lowest BCUT2D eigenvalue weighted by Gasteiger charge is -2.17. The van der Waals surface area contributed by atoms with Crippen LogP contribution in [0.4, 0.5) is 10.1 Å². The molecule has 0 saturated heterocycles. The fourth-order valence-corrected chi connectivity index (χ4v) is 8.18. The minimum Gasteiger partial charge on any atom is -0.489 e. The average molecular weight is 791 g/mol. The number of nitrogens with one attached hydrogen (secondary N) is 1. The molecule has 5 heterocycles. The van der Waals surface area contributed by atoms with E-state index in [0.717, 1.165) is 69.8 Å². The molecule has 54 heavy (non-hydrogen) atoms. The number of carbonyl (C=O) groups is 1. The van der Waals surface area contributed by atoms with E-state index in [1.807, 2.05) is 54.3 Å². The monoisotopic (exact) mass is 789 g/mol. The van der Waals surface area contributed by atoms with Crippen LogP contribution in [0.1, 0.15) is 78.1 Å². The standard InChI is InChI=1S/C27H25FN6O2.C13H12BrN3O/c1-15-9-20(28)19(10-23(15)33-11-22(29-13-33)16-5-6-16)27(35)31-21-4-2-3-18-25(21)36-12-24(17-7-8-17)34-14-30-32-26(18)34;14-10-3-1-2-9-12(10)18-6-11(8-4-5-8)17-7-15-16-13(9)17/h2-4,9-11,13-14,16-17,24H,5-8,12H2,1H3,(H,31,35);1-3,7-8,11H,4-6H2/t24-;11-/m00/s1. The number of nitrogens with zero attached hydrogens (tertiary/aromatic N) is 8. The molecule has 3 fully saturated rings. The summed E-state index contributed by atoms with van der Waals surface area (Å²) in [5.74, 6) is 3.68. The molecule has 3 saturated carbocycles. The van der Waals surface area contributed by atoms with Crippen LogP contribution in [-0.2, 0) is 0 Å². The van der Waals surface area contributed by atoms with E-state index in [2.05, 4.69) is 55.8 Å². The molecule has 274 valence electrons. The third-order valence-electron chi connectivity index (χ3n) is 11.1. The first-order chi connectivity index (χ1) is 26.4. The van der Waals surface area contributed by atoms with E-state index < -0.39 is 11.7 Å². The Morgan fingerprint density at radius 2 is 1.46 bits per heavy atom. The zero-order chi connectivity index (χ0) is 36.5. The van der Waals surface area contributed by atoms with Crippen molar-refractivity contribution in [1.29, 1.82) is 0 Å². The van der Waals surface area contributed by atoms with Crippen LogP contribution < -0.4 is 14.8 Å². The first-order valence-electron chi connectivity index (χ1n) is 18.5. The first kappa shape index (κ1) is 33.2. The number of ether oxygens (including phenoxy) is 2. The van der Waals surface area contributed by atoms with Crippen molar-refractivity contribution >= 4 is 27.5 Å². The quantitative estimate of drug-likeness (QED) is 0.179. The highest BCUT2D eigenvalue weighted by molar-refractivity contribution is 9.10. The van der Waals surface area contributed by atoms with E-state index >= 15 is 4.39 Å². The maximum Gasteiger partial charge on any atom is 0.258 e. The summed E-state index contributed by atoms with van der Waals surface area (Å²) in [7, 11) is 0. The Hall–Kier alpha value is -5.37. The molecular formula is C40H37BrFN9O3. The zero-order valence-corrected chi connectivity index (χ0v) is 31.1. The van der Waals surface area contributed by atoms with Gasteiger partial charge in [-0.1, -0.05) is 12.1 Å². The number of hydrogen-bond donors (Lipinski definition) is 1. The summed E-state index contributed by atoms with van der Waals surface area (Å²) >= 11 is 3.55.